The average molecular weight is 334 g/mol. The maximum Gasteiger partial charge on any atom is 0.345 e. The van der Waals surface area contributed by atoms with Gasteiger partial charge in [0.1, 0.15) is 9.09 Å². The number of nitrogens with zero attached hydrogens (tertiary/aromatic N) is 1. The summed E-state index contributed by atoms with van der Waals surface area (Å²) in [4.78, 5) is 24.0. The highest BCUT2D eigenvalue weighted by Gasteiger charge is 2.19. The van der Waals surface area contributed by atoms with E-state index in [4.69, 9.17) is 5.11 Å². The second-order valence-corrected chi connectivity index (χ2v) is 7.22. The molecule has 0 aliphatic carbocycles. The molecule has 1 amide bonds. The molecule has 0 radical (unpaired) electrons. The number of carbonyl (C=O) groups is 2. The number of carboxylic acid groups (broad SMARTS) is 1. The summed E-state index contributed by atoms with van der Waals surface area (Å²) < 4.78 is 26.1. The number of thiophene rings is 1. The van der Waals surface area contributed by atoms with Crippen LogP contribution >= 0.6 is 11.3 Å². The van der Waals surface area contributed by atoms with E-state index in [0.29, 0.717) is 24.4 Å². The second-order valence-electron chi connectivity index (χ2n) is 4.14. The smallest absolute Gasteiger partial charge is 0.345 e. The highest BCUT2D eigenvalue weighted by molar-refractivity contribution is 7.91. The van der Waals surface area contributed by atoms with Crippen LogP contribution in [-0.4, -0.2) is 49.9 Å². The molecule has 1 rings (SSSR count). The highest BCUT2D eigenvalue weighted by atomic mass is 32.2. The Morgan fingerprint density at radius 3 is 2.38 bits per heavy atom. The molecule has 1 aromatic rings. The van der Waals surface area contributed by atoms with Gasteiger partial charge in [0.05, 0.1) is 0 Å². The molecule has 0 saturated carbocycles. The lowest BCUT2D eigenvalue weighted by molar-refractivity contribution is -0.130. The van der Waals surface area contributed by atoms with E-state index in [-0.39, 0.29) is 28.0 Å². The van der Waals surface area contributed by atoms with Crippen molar-refractivity contribution in [1.29, 1.82) is 0 Å². The Morgan fingerprint density at radius 2 is 1.90 bits per heavy atom. The minimum absolute atomic E-state index is 0.0159. The summed E-state index contributed by atoms with van der Waals surface area (Å²) in [5.41, 5.74) is 0. The second kappa shape index (κ2) is 7.53. The molecule has 118 valence electrons. The molecule has 0 unspecified atom stereocenters. The van der Waals surface area contributed by atoms with Crippen molar-refractivity contribution in [2.75, 3.05) is 19.6 Å². The Labute approximate surface area is 127 Å². The van der Waals surface area contributed by atoms with Crippen LogP contribution in [0.25, 0.3) is 0 Å². The van der Waals surface area contributed by atoms with Gasteiger partial charge in [-0.25, -0.2) is 17.9 Å². The lowest BCUT2D eigenvalue weighted by Crippen LogP contribution is -2.34. The zero-order chi connectivity index (χ0) is 16.0. The van der Waals surface area contributed by atoms with Gasteiger partial charge in [0.2, 0.25) is 15.9 Å². The van der Waals surface area contributed by atoms with Crippen molar-refractivity contribution >= 4 is 33.2 Å². The first-order valence-electron chi connectivity index (χ1n) is 6.42. The van der Waals surface area contributed by atoms with E-state index < -0.39 is 16.0 Å². The number of hydrogen-bond donors (Lipinski definition) is 2. The van der Waals surface area contributed by atoms with E-state index in [2.05, 4.69) is 4.72 Å². The minimum Gasteiger partial charge on any atom is -0.477 e. The summed E-state index contributed by atoms with van der Waals surface area (Å²) in [7, 11) is -3.77. The molecule has 1 heterocycles. The number of carboxylic acids is 1. The van der Waals surface area contributed by atoms with Gasteiger partial charge >= 0.3 is 5.97 Å². The SMILES string of the molecule is CCN(CC)C(=O)CCNS(=O)(=O)c1ccc(C(=O)O)s1. The molecular formula is C12H18N2O5S2. The molecule has 1 aromatic heterocycles. The van der Waals surface area contributed by atoms with Crippen molar-refractivity contribution in [2.24, 2.45) is 0 Å². The standard InChI is InChI=1S/C12H18N2O5S2/c1-3-14(4-2)10(15)7-8-13-21(18,19)11-6-5-9(20-11)12(16)17/h5-6,13H,3-4,7-8H2,1-2H3,(H,16,17). The summed E-state index contributed by atoms with van der Waals surface area (Å²) >= 11 is 0.677. The van der Waals surface area contributed by atoms with Gasteiger partial charge in [0, 0.05) is 26.1 Å². The van der Waals surface area contributed by atoms with Crippen LogP contribution in [0.3, 0.4) is 0 Å². The molecule has 21 heavy (non-hydrogen) atoms. The van der Waals surface area contributed by atoms with Crippen molar-refractivity contribution in [2.45, 2.75) is 24.5 Å². The molecule has 0 fully saturated rings. The van der Waals surface area contributed by atoms with Gasteiger partial charge in [0.15, 0.2) is 0 Å². The van der Waals surface area contributed by atoms with Gasteiger partial charge in [-0.3, -0.25) is 4.79 Å². The Morgan fingerprint density at radius 1 is 1.29 bits per heavy atom. The first kappa shape index (κ1) is 17.6. The first-order chi connectivity index (χ1) is 9.81. The lowest BCUT2D eigenvalue weighted by Gasteiger charge is -2.18. The van der Waals surface area contributed by atoms with E-state index in [1.807, 2.05) is 13.8 Å². The van der Waals surface area contributed by atoms with Gasteiger partial charge in [-0.05, 0) is 26.0 Å². The average Bonchev–Trinajstić information content (AvgIpc) is 2.90. The van der Waals surface area contributed by atoms with Crippen molar-refractivity contribution in [3.8, 4) is 0 Å². The van der Waals surface area contributed by atoms with E-state index in [1.54, 1.807) is 4.90 Å². The van der Waals surface area contributed by atoms with Crippen LogP contribution in [0.2, 0.25) is 0 Å². The predicted octanol–water partition coefficient (Wildman–Crippen LogP) is 0.983. The topological polar surface area (TPSA) is 104 Å². The number of carbonyl (C=O) groups excluding carboxylic acids is 1. The van der Waals surface area contributed by atoms with E-state index in [1.165, 1.54) is 12.1 Å². The zero-order valence-electron chi connectivity index (χ0n) is 11.8. The molecule has 0 aliphatic rings. The van der Waals surface area contributed by atoms with Crippen LogP contribution in [0.4, 0.5) is 0 Å². The summed E-state index contributed by atoms with van der Waals surface area (Å²) in [6.07, 6.45) is 0.0675. The van der Waals surface area contributed by atoms with Gasteiger partial charge in [-0.2, -0.15) is 0 Å². The molecule has 0 saturated heterocycles. The first-order valence-corrected chi connectivity index (χ1v) is 8.72. The van der Waals surface area contributed by atoms with Gasteiger partial charge < -0.3 is 10.0 Å². The number of nitrogens with one attached hydrogen (secondary N) is 1. The summed E-state index contributed by atoms with van der Waals surface area (Å²) in [6, 6.07) is 2.48. The Bertz CT molecular complexity index is 605. The van der Waals surface area contributed by atoms with E-state index >= 15 is 0 Å². The molecule has 0 aromatic carbocycles. The minimum atomic E-state index is -3.77. The molecule has 7 nitrogen and oxygen atoms in total. The normalized spacial score (nSPS) is 11.3. The number of rotatable bonds is 8. The Balaban J connectivity index is 2.61. The van der Waals surface area contributed by atoms with Crippen molar-refractivity contribution in [3.63, 3.8) is 0 Å². The predicted molar refractivity (Wildman–Crippen MR) is 79.0 cm³/mol. The van der Waals surface area contributed by atoms with Crippen LogP contribution in [0.1, 0.15) is 29.9 Å². The van der Waals surface area contributed by atoms with E-state index in [0.717, 1.165) is 0 Å². The number of amides is 1. The van der Waals surface area contributed by atoms with Gasteiger partial charge in [-0.1, -0.05) is 0 Å². The number of hydrogen-bond acceptors (Lipinski definition) is 5. The van der Waals surface area contributed by atoms with Crippen LogP contribution < -0.4 is 4.72 Å². The maximum atomic E-state index is 11.9. The zero-order valence-corrected chi connectivity index (χ0v) is 13.5. The monoisotopic (exact) mass is 334 g/mol. The third-order valence-electron chi connectivity index (χ3n) is 2.80. The van der Waals surface area contributed by atoms with Gasteiger partial charge in [-0.15, -0.1) is 11.3 Å². The molecule has 0 atom stereocenters. The third-order valence-corrected chi connectivity index (χ3v) is 5.83. The van der Waals surface area contributed by atoms with Crippen molar-refractivity contribution < 1.29 is 23.1 Å². The summed E-state index contributed by atoms with van der Waals surface area (Å²) in [5, 5.41) is 8.77. The molecular weight excluding hydrogens is 316 g/mol. The molecule has 0 aliphatic heterocycles. The quantitative estimate of drug-likeness (QED) is 0.737. The van der Waals surface area contributed by atoms with Crippen LogP contribution in [0.15, 0.2) is 16.3 Å². The summed E-state index contributed by atoms with van der Waals surface area (Å²) in [6.45, 7) is 4.84. The Kier molecular flexibility index (Phi) is 6.31. The maximum absolute atomic E-state index is 11.9. The van der Waals surface area contributed by atoms with Crippen LogP contribution in [0, 0.1) is 0 Å². The Hall–Kier alpha value is -1.45. The largest absolute Gasteiger partial charge is 0.477 e. The lowest BCUT2D eigenvalue weighted by atomic mass is 10.3. The number of aromatic carboxylic acids is 1. The highest BCUT2D eigenvalue weighted by Crippen LogP contribution is 2.21. The summed E-state index contributed by atoms with van der Waals surface area (Å²) in [5.74, 6) is -1.29. The van der Waals surface area contributed by atoms with E-state index in [9.17, 15) is 18.0 Å². The van der Waals surface area contributed by atoms with Gasteiger partial charge in [0.25, 0.3) is 0 Å². The molecule has 2 N–H and O–H groups in total. The van der Waals surface area contributed by atoms with Crippen molar-refractivity contribution in [3.05, 3.63) is 17.0 Å². The van der Waals surface area contributed by atoms with Crippen LogP contribution in [-0.2, 0) is 14.8 Å². The molecule has 0 spiro atoms. The fourth-order valence-electron chi connectivity index (χ4n) is 1.68. The number of sulfonamides is 1. The molecule has 0 bridgehead atoms. The fraction of sp³-hybridized carbons (Fsp3) is 0.500. The molecule has 9 heteroatoms. The fourth-order valence-corrected chi connectivity index (χ4v) is 3.90. The van der Waals surface area contributed by atoms with Crippen LogP contribution in [0.5, 0.6) is 0 Å². The third kappa shape index (κ3) is 4.80. The van der Waals surface area contributed by atoms with Crippen molar-refractivity contribution in [1.82, 2.24) is 9.62 Å².